The first-order valence-corrected chi connectivity index (χ1v) is 8.44. The van der Waals surface area contributed by atoms with E-state index in [0.29, 0.717) is 26.2 Å². The molecule has 6 nitrogen and oxygen atoms in total. The SMILES string of the molecule is CC(=O)NCCNC(=O)N(Cc1cccs1)C[C@H]1CCCO1. The fourth-order valence-corrected chi connectivity index (χ4v) is 3.08. The summed E-state index contributed by atoms with van der Waals surface area (Å²) in [4.78, 5) is 26.1. The van der Waals surface area contributed by atoms with E-state index in [1.165, 1.54) is 6.92 Å². The lowest BCUT2D eigenvalue weighted by Crippen LogP contribution is -2.45. The highest BCUT2D eigenvalue weighted by atomic mass is 32.1. The lowest BCUT2D eigenvalue weighted by atomic mass is 10.2. The molecule has 1 atom stereocenters. The van der Waals surface area contributed by atoms with E-state index in [0.717, 1.165) is 24.3 Å². The molecule has 1 aliphatic heterocycles. The first-order chi connectivity index (χ1) is 10.6. The Bertz CT molecular complexity index is 472. The number of carbonyl (C=O) groups excluding carboxylic acids is 2. The molecule has 1 aromatic rings. The molecule has 0 unspecified atom stereocenters. The highest BCUT2D eigenvalue weighted by molar-refractivity contribution is 7.09. The fraction of sp³-hybridized carbons (Fsp3) is 0.600. The van der Waals surface area contributed by atoms with E-state index in [1.54, 1.807) is 16.2 Å². The van der Waals surface area contributed by atoms with Crippen molar-refractivity contribution in [3.05, 3.63) is 22.4 Å². The summed E-state index contributed by atoms with van der Waals surface area (Å²) in [5.41, 5.74) is 0. The molecule has 1 saturated heterocycles. The van der Waals surface area contributed by atoms with Crippen LogP contribution in [0.4, 0.5) is 4.79 Å². The minimum Gasteiger partial charge on any atom is -0.376 e. The molecule has 0 aliphatic carbocycles. The maximum absolute atomic E-state index is 12.4. The van der Waals surface area contributed by atoms with Gasteiger partial charge in [-0.25, -0.2) is 4.79 Å². The molecular formula is C15H23N3O3S. The molecule has 2 heterocycles. The number of amides is 3. The lowest BCUT2D eigenvalue weighted by molar-refractivity contribution is -0.118. The van der Waals surface area contributed by atoms with Gasteiger partial charge in [0.1, 0.15) is 0 Å². The predicted octanol–water partition coefficient (Wildman–Crippen LogP) is 1.57. The van der Waals surface area contributed by atoms with Gasteiger partial charge in [0.2, 0.25) is 5.91 Å². The molecule has 0 radical (unpaired) electrons. The van der Waals surface area contributed by atoms with Gasteiger partial charge in [-0.1, -0.05) is 6.07 Å². The van der Waals surface area contributed by atoms with E-state index in [2.05, 4.69) is 10.6 Å². The van der Waals surface area contributed by atoms with Crippen LogP contribution in [0.25, 0.3) is 0 Å². The maximum atomic E-state index is 12.4. The molecule has 1 aromatic heterocycles. The second-order valence-corrected chi connectivity index (χ2v) is 6.34. The lowest BCUT2D eigenvalue weighted by Gasteiger charge is -2.25. The Hall–Kier alpha value is -1.60. The van der Waals surface area contributed by atoms with Crippen LogP contribution in [-0.2, 0) is 16.1 Å². The van der Waals surface area contributed by atoms with Crippen molar-refractivity contribution < 1.29 is 14.3 Å². The molecule has 2 N–H and O–H groups in total. The number of nitrogens with one attached hydrogen (secondary N) is 2. The smallest absolute Gasteiger partial charge is 0.317 e. The highest BCUT2D eigenvalue weighted by Gasteiger charge is 2.22. The Labute approximate surface area is 134 Å². The number of thiophene rings is 1. The zero-order valence-electron chi connectivity index (χ0n) is 12.8. The minimum atomic E-state index is -0.116. The molecule has 3 amide bonds. The van der Waals surface area contributed by atoms with Crippen molar-refractivity contribution >= 4 is 23.3 Å². The van der Waals surface area contributed by atoms with Crippen LogP contribution in [0.15, 0.2) is 17.5 Å². The van der Waals surface area contributed by atoms with E-state index in [9.17, 15) is 9.59 Å². The Morgan fingerprint density at radius 3 is 2.86 bits per heavy atom. The van der Waals surface area contributed by atoms with Crippen LogP contribution in [0.3, 0.4) is 0 Å². The Balaban J connectivity index is 1.84. The maximum Gasteiger partial charge on any atom is 0.317 e. The number of urea groups is 1. The topological polar surface area (TPSA) is 70.7 Å². The second-order valence-electron chi connectivity index (χ2n) is 5.31. The minimum absolute atomic E-state index is 0.0935. The summed E-state index contributed by atoms with van der Waals surface area (Å²) < 4.78 is 5.63. The monoisotopic (exact) mass is 325 g/mol. The molecule has 2 rings (SSSR count). The third-order valence-electron chi connectivity index (χ3n) is 3.44. The Kier molecular flexibility index (Phi) is 6.67. The fourth-order valence-electron chi connectivity index (χ4n) is 2.36. The predicted molar refractivity (Wildman–Crippen MR) is 85.8 cm³/mol. The first-order valence-electron chi connectivity index (χ1n) is 7.56. The number of hydrogen-bond donors (Lipinski definition) is 2. The molecule has 1 aliphatic rings. The van der Waals surface area contributed by atoms with E-state index in [-0.39, 0.29) is 18.0 Å². The van der Waals surface area contributed by atoms with Crippen molar-refractivity contribution in [2.45, 2.75) is 32.4 Å². The molecule has 0 bridgehead atoms. The van der Waals surface area contributed by atoms with Gasteiger partial charge in [-0.3, -0.25) is 4.79 Å². The Morgan fingerprint density at radius 2 is 2.23 bits per heavy atom. The van der Waals surface area contributed by atoms with Crippen LogP contribution in [0, 0.1) is 0 Å². The zero-order chi connectivity index (χ0) is 15.8. The molecule has 122 valence electrons. The van der Waals surface area contributed by atoms with Crippen LogP contribution in [0.2, 0.25) is 0 Å². The number of ether oxygens (including phenoxy) is 1. The summed E-state index contributed by atoms with van der Waals surface area (Å²) in [6.07, 6.45) is 2.18. The summed E-state index contributed by atoms with van der Waals surface area (Å²) in [6.45, 7) is 4.29. The third kappa shape index (κ3) is 5.65. The summed E-state index contributed by atoms with van der Waals surface area (Å²) in [6, 6.07) is 3.89. The van der Waals surface area contributed by atoms with Crippen LogP contribution in [0.5, 0.6) is 0 Å². The molecule has 0 aromatic carbocycles. The summed E-state index contributed by atoms with van der Waals surface area (Å²) in [7, 11) is 0. The standard InChI is InChI=1S/C15H23N3O3S/c1-12(19)16-6-7-17-15(20)18(10-13-4-2-8-21-13)11-14-5-3-9-22-14/h3,5,9,13H,2,4,6-8,10-11H2,1H3,(H,16,19)(H,17,20)/t13-/m1/s1. The zero-order valence-corrected chi connectivity index (χ0v) is 13.7. The molecular weight excluding hydrogens is 302 g/mol. The van der Waals surface area contributed by atoms with Crippen molar-refractivity contribution in [1.82, 2.24) is 15.5 Å². The average molecular weight is 325 g/mol. The van der Waals surface area contributed by atoms with E-state index < -0.39 is 0 Å². The van der Waals surface area contributed by atoms with Gasteiger partial charge < -0.3 is 20.3 Å². The quantitative estimate of drug-likeness (QED) is 0.748. The van der Waals surface area contributed by atoms with Crippen LogP contribution in [0.1, 0.15) is 24.6 Å². The van der Waals surface area contributed by atoms with E-state index in [1.807, 2.05) is 17.5 Å². The van der Waals surface area contributed by atoms with Crippen molar-refractivity contribution in [1.29, 1.82) is 0 Å². The number of rotatable bonds is 7. The van der Waals surface area contributed by atoms with Crippen molar-refractivity contribution in [2.24, 2.45) is 0 Å². The van der Waals surface area contributed by atoms with Gasteiger partial charge in [-0.05, 0) is 24.3 Å². The second kappa shape index (κ2) is 8.75. The van der Waals surface area contributed by atoms with Gasteiger partial charge in [0.05, 0.1) is 12.6 Å². The van der Waals surface area contributed by atoms with Gasteiger partial charge in [0.25, 0.3) is 0 Å². The third-order valence-corrected chi connectivity index (χ3v) is 4.30. The average Bonchev–Trinajstić information content (AvgIpc) is 3.16. The summed E-state index contributed by atoms with van der Waals surface area (Å²) >= 11 is 1.64. The van der Waals surface area contributed by atoms with Gasteiger partial charge in [0.15, 0.2) is 0 Å². The summed E-state index contributed by atoms with van der Waals surface area (Å²) in [5.74, 6) is -0.0935. The first kappa shape index (κ1) is 16.8. The van der Waals surface area contributed by atoms with Crippen molar-refractivity contribution in [2.75, 3.05) is 26.2 Å². The van der Waals surface area contributed by atoms with Crippen molar-refractivity contribution in [3.63, 3.8) is 0 Å². The van der Waals surface area contributed by atoms with Crippen LogP contribution >= 0.6 is 11.3 Å². The number of hydrogen-bond acceptors (Lipinski definition) is 4. The largest absolute Gasteiger partial charge is 0.376 e. The normalized spacial score (nSPS) is 17.2. The molecule has 0 spiro atoms. The van der Waals surface area contributed by atoms with E-state index in [4.69, 9.17) is 4.74 Å². The van der Waals surface area contributed by atoms with Crippen LogP contribution < -0.4 is 10.6 Å². The number of nitrogens with zero attached hydrogens (tertiary/aromatic N) is 1. The highest BCUT2D eigenvalue weighted by Crippen LogP contribution is 2.17. The van der Waals surface area contributed by atoms with E-state index >= 15 is 0 Å². The summed E-state index contributed by atoms with van der Waals surface area (Å²) in [5, 5.41) is 7.52. The van der Waals surface area contributed by atoms with Gasteiger partial charge in [-0.15, -0.1) is 11.3 Å². The van der Waals surface area contributed by atoms with Crippen LogP contribution in [-0.4, -0.2) is 49.2 Å². The molecule has 0 saturated carbocycles. The van der Waals surface area contributed by atoms with Crippen molar-refractivity contribution in [3.8, 4) is 0 Å². The molecule has 1 fully saturated rings. The van der Waals surface area contributed by atoms with Gasteiger partial charge >= 0.3 is 6.03 Å². The number of carbonyl (C=O) groups is 2. The van der Waals surface area contributed by atoms with Gasteiger partial charge in [0, 0.05) is 38.0 Å². The molecule has 22 heavy (non-hydrogen) atoms. The molecule has 7 heteroatoms. The van der Waals surface area contributed by atoms with Gasteiger partial charge in [-0.2, -0.15) is 0 Å². The Morgan fingerprint density at radius 1 is 1.41 bits per heavy atom.